The molecule has 0 bridgehead atoms. The summed E-state index contributed by atoms with van der Waals surface area (Å²) in [5.74, 6) is -0.760. The van der Waals surface area contributed by atoms with E-state index in [1.54, 1.807) is 28.7 Å². The maximum atomic E-state index is 13.2. The van der Waals surface area contributed by atoms with Crippen LogP contribution in [-0.4, -0.2) is 44.9 Å². The Kier molecular flexibility index (Phi) is 3.58. The molecule has 0 aliphatic carbocycles. The number of amides is 2. The molecule has 10 heteroatoms. The van der Waals surface area contributed by atoms with Crippen LogP contribution in [0.2, 0.25) is 5.82 Å². The highest BCUT2D eigenvalue weighted by atomic mass is 16.2. The maximum Gasteiger partial charge on any atom is 0.263 e. The van der Waals surface area contributed by atoms with Crippen LogP contribution in [0.5, 0.6) is 0 Å². The van der Waals surface area contributed by atoms with Gasteiger partial charge in [-0.05, 0) is 18.8 Å². The lowest BCUT2D eigenvalue weighted by molar-refractivity contribution is -0.137. The highest BCUT2D eigenvalue weighted by Crippen LogP contribution is 2.32. The third-order valence-electron chi connectivity index (χ3n) is 5.05. The van der Waals surface area contributed by atoms with Crippen molar-refractivity contribution >= 4 is 57.4 Å². The van der Waals surface area contributed by atoms with Gasteiger partial charge in [-0.3, -0.25) is 24.3 Å². The molecule has 1 aromatic carbocycles. The van der Waals surface area contributed by atoms with Crippen LogP contribution in [-0.2, 0) is 15.0 Å². The van der Waals surface area contributed by atoms with Gasteiger partial charge >= 0.3 is 0 Å². The van der Waals surface area contributed by atoms with Gasteiger partial charge in [0.2, 0.25) is 11.8 Å². The Morgan fingerprint density at radius 2 is 2.04 bits per heavy atom. The van der Waals surface area contributed by atoms with Crippen LogP contribution in [0.1, 0.15) is 12.2 Å². The van der Waals surface area contributed by atoms with E-state index in [2.05, 4.69) is 10.3 Å². The number of aromatic nitrogens is 2. The number of piperidine rings is 1. The van der Waals surface area contributed by atoms with Gasteiger partial charge in [0.05, 0.1) is 16.3 Å². The number of nitrogens with one attached hydrogen (secondary N) is 1. The van der Waals surface area contributed by atoms with Crippen LogP contribution in [0.15, 0.2) is 16.9 Å². The van der Waals surface area contributed by atoms with Gasteiger partial charge in [0.15, 0.2) is 0 Å². The lowest BCUT2D eigenvalue weighted by Crippen LogP contribution is -2.61. The number of fused-ring (bicyclic) bond motifs is 1. The van der Waals surface area contributed by atoms with Crippen molar-refractivity contribution in [1.29, 1.82) is 0 Å². The highest BCUT2D eigenvalue weighted by molar-refractivity contribution is 6.39. The van der Waals surface area contributed by atoms with Gasteiger partial charge in [-0.15, -0.1) is 0 Å². The number of rotatable bonds is 1. The zero-order valence-corrected chi connectivity index (χ0v) is 14.1. The quantitative estimate of drug-likeness (QED) is 0.319. The summed E-state index contributed by atoms with van der Waals surface area (Å²) < 4.78 is 1.37. The summed E-state index contributed by atoms with van der Waals surface area (Å²) in [6.45, 7) is 1.69. The lowest BCUT2D eigenvalue weighted by Gasteiger charge is -2.40. The Balaban J connectivity index is 2.39. The van der Waals surface area contributed by atoms with Crippen LogP contribution in [0, 0.1) is 6.92 Å². The van der Waals surface area contributed by atoms with E-state index in [1.807, 2.05) is 13.9 Å². The van der Waals surface area contributed by atoms with Crippen molar-refractivity contribution in [1.82, 2.24) is 14.9 Å². The molecule has 1 aliphatic heterocycles. The second kappa shape index (κ2) is 5.26. The van der Waals surface area contributed by atoms with Gasteiger partial charge in [-0.25, -0.2) is 4.98 Å². The molecule has 1 saturated heterocycles. The zero-order chi connectivity index (χ0) is 17.8. The molecule has 2 aromatic rings. The van der Waals surface area contributed by atoms with E-state index in [9.17, 15) is 14.4 Å². The average molecular weight is 322 g/mol. The van der Waals surface area contributed by atoms with E-state index in [4.69, 9.17) is 5.73 Å². The second-order valence-corrected chi connectivity index (χ2v) is 6.62. The summed E-state index contributed by atoms with van der Waals surface area (Å²) in [5, 5.41) is 2.64. The predicted octanol–water partition coefficient (Wildman–Crippen LogP) is -3.70. The Hall–Kier alpha value is -2.51. The molecule has 0 radical (unpaired) electrons. The lowest BCUT2D eigenvalue weighted by atomic mass is 9.56. The van der Waals surface area contributed by atoms with E-state index in [0.29, 0.717) is 22.4 Å². The number of hydrogen-bond donors (Lipinski definition) is 2. The smallest absolute Gasteiger partial charge is 0.263 e. The number of benzene rings is 1. The second-order valence-electron chi connectivity index (χ2n) is 6.62. The number of hydrogen-bond acceptors (Lipinski definition) is 5. The van der Waals surface area contributed by atoms with Crippen molar-refractivity contribution in [2.75, 3.05) is 5.73 Å². The normalized spacial score (nSPS) is 24.1. The number of nitrogens with zero attached hydrogens (tertiary/aromatic N) is 2. The SMILES string of the molecule is Bc1ccc(N)c2c(=O)n(C3(B)C(=O)NC(=O)CC3B)c(C)nc12. The van der Waals surface area contributed by atoms with E-state index in [-0.39, 0.29) is 23.7 Å². The Morgan fingerprint density at radius 1 is 1.38 bits per heavy atom. The molecule has 0 spiro atoms. The fourth-order valence-corrected chi connectivity index (χ4v) is 3.42. The molecule has 2 amide bonds. The van der Waals surface area contributed by atoms with Crippen LogP contribution < -0.4 is 22.1 Å². The van der Waals surface area contributed by atoms with Crippen LogP contribution in [0.3, 0.4) is 0 Å². The summed E-state index contributed by atoms with van der Waals surface area (Å²) in [4.78, 5) is 41.9. The number of nitrogens with two attached hydrogens (primary N) is 1. The van der Waals surface area contributed by atoms with Crippen molar-refractivity contribution in [3.8, 4) is 0 Å². The van der Waals surface area contributed by atoms with Crippen LogP contribution in [0.25, 0.3) is 10.9 Å². The van der Waals surface area contributed by atoms with Crippen molar-refractivity contribution in [3.05, 3.63) is 28.3 Å². The molecule has 3 rings (SSSR count). The first kappa shape index (κ1) is 16.4. The highest BCUT2D eigenvalue weighted by Gasteiger charge is 2.47. The number of carbonyl (C=O) groups is 2. The van der Waals surface area contributed by atoms with Crippen LogP contribution in [0.4, 0.5) is 5.69 Å². The van der Waals surface area contributed by atoms with Gasteiger partial charge < -0.3 is 5.73 Å². The topological polar surface area (TPSA) is 107 Å². The summed E-state index contributed by atoms with van der Waals surface area (Å²) >= 11 is 0. The zero-order valence-electron chi connectivity index (χ0n) is 14.1. The first-order valence-corrected chi connectivity index (χ1v) is 7.81. The molecular weight excluding hydrogens is 305 g/mol. The van der Waals surface area contributed by atoms with Gasteiger partial charge in [0.25, 0.3) is 5.56 Å². The van der Waals surface area contributed by atoms with E-state index in [1.165, 1.54) is 4.57 Å². The molecule has 7 nitrogen and oxygen atoms in total. The van der Waals surface area contributed by atoms with Gasteiger partial charge in [0, 0.05) is 12.1 Å². The summed E-state index contributed by atoms with van der Waals surface area (Å²) in [7, 11) is 5.30. The minimum Gasteiger partial charge on any atom is -0.398 e. The van der Waals surface area contributed by atoms with Crippen molar-refractivity contribution in [3.63, 3.8) is 0 Å². The molecule has 0 saturated carbocycles. The summed E-state index contributed by atoms with van der Waals surface area (Å²) in [6.07, 6.45) is 0.162. The number of aryl methyl sites for hydroxylation is 1. The summed E-state index contributed by atoms with van der Waals surface area (Å²) in [6, 6.07) is 3.47. The number of nitrogen functional groups attached to an aromatic ring is 1. The van der Waals surface area contributed by atoms with Crippen LogP contribution >= 0.6 is 0 Å². The molecule has 2 unspecified atom stereocenters. The monoisotopic (exact) mass is 322 g/mol. The third-order valence-corrected chi connectivity index (χ3v) is 5.05. The maximum absolute atomic E-state index is 13.2. The van der Waals surface area contributed by atoms with E-state index >= 15 is 0 Å². The number of carbonyl (C=O) groups excluding carboxylic acids is 2. The molecule has 1 aromatic heterocycles. The molecule has 3 N–H and O–H groups in total. The largest absolute Gasteiger partial charge is 0.398 e. The first-order valence-electron chi connectivity index (χ1n) is 7.81. The summed E-state index contributed by atoms with van der Waals surface area (Å²) in [5.41, 5.74) is 6.14. The van der Waals surface area contributed by atoms with E-state index < -0.39 is 11.3 Å². The molecule has 1 fully saturated rings. The minimum atomic E-state index is -1.20. The Bertz CT molecular complexity index is 958. The molecular formula is C14H17B3N4O3. The number of anilines is 1. The van der Waals surface area contributed by atoms with Gasteiger partial charge in [-0.1, -0.05) is 11.5 Å². The standard InChI is InChI=1S/C14H17B3N4O3/c1-5-19-11-6(15)2-3-7(18)10(11)12(23)21(5)14(17)8(16)4-9(22)20-13(14)24/h2-3,8H,4,15-18H2,1H3,(H,20,22,24). The molecule has 2 heterocycles. The van der Waals surface area contributed by atoms with Crippen molar-refractivity contribution in [2.45, 2.75) is 24.6 Å². The minimum absolute atomic E-state index is 0.162. The Morgan fingerprint density at radius 3 is 2.67 bits per heavy atom. The fourth-order valence-electron chi connectivity index (χ4n) is 3.42. The number of imide groups is 1. The van der Waals surface area contributed by atoms with Gasteiger partial charge in [-0.2, -0.15) is 0 Å². The predicted molar refractivity (Wildman–Crippen MR) is 99.9 cm³/mol. The Labute approximate surface area is 141 Å². The average Bonchev–Trinajstić information content (AvgIpc) is 2.48. The molecule has 24 heavy (non-hydrogen) atoms. The molecule has 1 aliphatic rings. The third kappa shape index (κ3) is 2.09. The van der Waals surface area contributed by atoms with E-state index in [0.717, 1.165) is 5.46 Å². The molecule has 2 atom stereocenters. The fraction of sp³-hybridized carbons (Fsp3) is 0.286. The van der Waals surface area contributed by atoms with Crippen molar-refractivity contribution in [2.24, 2.45) is 0 Å². The van der Waals surface area contributed by atoms with Gasteiger partial charge in [0.1, 0.15) is 29.4 Å². The van der Waals surface area contributed by atoms with Crippen molar-refractivity contribution < 1.29 is 9.59 Å². The first-order chi connectivity index (χ1) is 11.2. The molecule has 120 valence electrons.